The number of anilines is 1. The molecule has 1 aromatic rings. The van der Waals surface area contributed by atoms with Crippen LogP contribution in [0.2, 0.25) is 0 Å². The molecule has 0 aromatic carbocycles. The van der Waals surface area contributed by atoms with Crippen LogP contribution in [0.1, 0.15) is 19.1 Å². The first kappa shape index (κ1) is 19.4. The molecule has 1 aromatic heterocycles. The molecular weight excluding hydrogens is 359 g/mol. The van der Waals surface area contributed by atoms with E-state index in [0.29, 0.717) is 24.7 Å². The van der Waals surface area contributed by atoms with Crippen molar-refractivity contribution in [3.63, 3.8) is 0 Å². The highest BCUT2D eigenvalue weighted by molar-refractivity contribution is 8.00. The second-order valence-corrected chi connectivity index (χ2v) is 7.50. The summed E-state index contributed by atoms with van der Waals surface area (Å²) in [6.07, 6.45) is 2.82. The fourth-order valence-corrected chi connectivity index (χ4v) is 3.47. The second kappa shape index (κ2) is 8.95. The van der Waals surface area contributed by atoms with Gasteiger partial charge >= 0.3 is 13.5 Å². The van der Waals surface area contributed by atoms with E-state index in [4.69, 9.17) is 20.3 Å². The molecule has 0 bridgehead atoms. The Balaban J connectivity index is 1.88. The van der Waals surface area contributed by atoms with Crippen LogP contribution in [-0.2, 0) is 13.8 Å². The average Bonchev–Trinajstić information content (AvgIpc) is 2.98. The van der Waals surface area contributed by atoms with Crippen molar-refractivity contribution in [2.75, 3.05) is 30.8 Å². The second-order valence-electron chi connectivity index (χ2n) is 5.07. The van der Waals surface area contributed by atoms with E-state index in [1.807, 2.05) is 0 Å². The van der Waals surface area contributed by atoms with Crippen molar-refractivity contribution < 1.29 is 23.6 Å². The molecule has 0 saturated carbocycles. The summed E-state index contributed by atoms with van der Waals surface area (Å²) in [5.74, 6) is 0.945. The molecule has 0 radical (unpaired) electrons. The van der Waals surface area contributed by atoms with Crippen LogP contribution in [0.3, 0.4) is 0 Å². The first-order chi connectivity index (χ1) is 11.4. The van der Waals surface area contributed by atoms with Gasteiger partial charge in [-0.15, -0.1) is 11.8 Å². The molecule has 1 saturated heterocycles. The molecule has 2 heterocycles. The lowest BCUT2D eigenvalue weighted by atomic mass is 10.3. The quantitative estimate of drug-likeness (QED) is 0.343. The zero-order chi connectivity index (χ0) is 17.6. The molecule has 136 valence electrons. The van der Waals surface area contributed by atoms with E-state index in [2.05, 4.69) is 14.8 Å². The fraction of sp³-hybridized carbons (Fsp3) is 0.667. The third-order valence-corrected chi connectivity index (χ3v) is 4.77. The van der Waals surface area contributed by atoms with Crippen molar-refractivity contribution in [1.82, 2.24) is 9.55 Å². The molecule has 24 heavy (non-hydrogen) atoms. The standard InChI is InChI=1S/C12H21N4O6PS/c13-4-1-2-5-14-9-3-6-16(12(17)15-9)10-8-24-11(22-10)7-21-23(18,19)20/h3,6,10-11H,1-2,4-5,7-8,13H2,(H,14,15,17)(H2,18,19,20)/t10-,11-/m1/s1. The summed E-state index contributed by atoms with van der Waals surface area (Å²) in [5, 5.41) is 3.05. The first-order valence-corrected chi connectivity index (χ1v) is 9.97. The van der Waals surface area contributed by atoms with E-state index in [1.165, 1.54) is 16.3 Å². The molecule has 10 nitrogen and oxygen atoms in total. The number of hydrogen-bond donors (Lipinski definition) is 4. The van der Waals surface area contributed by atoms with Crippen molar-refractivity contribution in [1.29, 1.82) is 0 Å². The van der Waals surface area contributed by atoms with Gasteiger partial charge in [0.2, 0.25) is 0 Å². The zero-order valence-corrected chi connectivity index (χ0v) is 14.6. The van der Waals surface area contributed by atoms with Crippen LogP contribution in [-0.4, -0.2) is 50.2 Å². The third kappa shape index (κ3) is 6.17. The van der Waals surface area contributed by atoms with E-state index in [9.17, 15) is 9.36 Å². The van der Waals surface area contributed by atoms with Crippen LogP contribution >= 0.6 is 19.6 Å². The van der Waals surface area contributed by atoms with Crippen LogP contribution in [0.5, 0.6) is 0 Å². The SMILES string of the molecule is NCCCCNc1ccn([C@H]2CS[C@H](COP(=O)(O)O)O2)c(=O)n1. The number of phosphoric acid groups is 1. The van der Waals surface area contributed by atoms with Gasteiger partial charge in [0, 0.05) is 18.5 Å². The maximum absolute atomic E-state index is 12.1. The van der Waals surface area contributed by atoms with E-state index >= 15 is 0 Å². The van der Waals surface area contributed by atoms with Gasteiger partial charge in [0.1, 0.15) is 17.5 Å². The number of aromatic nitrogens is 2. The van der Waals surface area contributed by atoms with Crippen LogP contribution in [0.25, 0.3) is 0 Å². The van der Waals surface area contributed by atoms with Crippen LogP contribution in [0.15, 0.2) is 17.1 Å². The minimum atomic E-state index is -4.53. The van der Waals surface area contributed by atoms with Crippen molar-refractivity contribution in [2.24, 2.45) is 5.73 Å². The Kier molecular flexibility index (Phi) is 7.23. The van der Waals surface area contributed by atoms with Gasteiger partial charge in [-0.2, -0.15) is 4.98 Å². The van der Waals surface area contributed by atoms with Crippen molar-refractivity contribution >= 4 is 25.4 Å². The molecule has 1 aliphatic heterocycles. The summed E-state index contributed by atoms with van der Waals surface area (Å²) in [5.41, 5.74) is 4.40. The van der Waals surface area contributed by atoms with Gasteiger partial charge in [-0.3, -0.25) is 9.09 Å². The normalized spacial score (nSPS) is 21.1. The molecule has 1 aliphatic rings. The van der Waals surface area contributed by atoms with Gasteiger partial charge in [-0.25, -0.2) is 9.36 Å². The Morgan fingerprint density at radius 3 is 3.00 bits per heavy atom. The Bertz CT molecular complexity index is 638. The van der Waals surface area contributed by atoms with Gasteiger partial charge in [-0.05, 0) is 25.5 Å². The molecule has 1 fully saturated rings. The Morgan fingerprint density at radius 2 is 2.33 bits per heavy atom. The lowest BCUT2D eigenvalue weighted by Gasteiger charge is -2.15. The van der Waals surface area contributed by atoms with Gasteiger partial charge in [0.05, 0.1) is 6.61 Å². The third-order valence-electron chi connectivity index (χ3n) is 3.19. The maximum Gasteiger partial charge on any atom is 0.469 e. The molecular formula is C12H21N4O6PS. The predicted octanol–water partition coefficient (Wildman–Crippen LogP) is 0.0915. The highest BCUT2D eigenvalue weighted by Crippen LogP contribution is 2.39. The van der Waals surface area contributed by atoms with Crippen LogP contribution < -0.4 is 16.7 Å². The summed E-state index contributed by atoms with van der Waals surface area (Å²) in [4.78, 5) is 33.4. The van der Waals surface area contributed by atoms with Crippen LogP contribution in [0.4, 0.5) is 5.82 Å². The summed E-state index contributed by atoms with van der Waals surface area (Å²) in [6, 6.07) is 1.68. The molecule has 12 heteroatoms. The minimum absolute atomic E-state index is 0.256. The van der Waals surface area contributed by atoms with Crippen molar-refractivity contribution in [2.45, 2.75) is 24.5 Å². The Labute approximate surface area is 143 Å². The minimum Gasteiger partial charge on any atom is -0.370 e. The number of nitrogens with two attached hydrogens (primary N) is 1. The Hall–Kier alpha value is -0.940. The zero-order valence-electron chi connectivity index (χ0n) is 12.9. The molecule has 5 N–H and O–H groups in total. The van der Waals surface area contributed by atoms with Gasteiger partial charge in [-0.1, -0.05) is 0 Å². The highest BCUT2D eigenvalue weighted by Gasteiger charge is 2.30. The smallest absolute Gasteiger partial charge is 0.370 e. The largest absolute Gasteiger partial charge is 0.469 e. The number of rotatable bonds is 9. The molecule has 2 rings (SSSR count). The summed E-state index contributed by atoms with van der Waals surface area (Å²) in [7, 11) is -4.53. The molecule has 0 aliphatic carbocycles. The van der Waals surface area contributed by atoms with Crippen LogP contribution in [0, 0.1) is 0 Å². The molecule has 0 unspecified atom stereocenters. The van der Waals surface area contributed by atoms with Crippen molar-refractivity contribution in [3.8, 4) is 0 Å². The number of nitrogens with zero attached hydrogens (tertiary/aromatic N) is 2. The van der Waals surface area contributed by atoms with E-state index < -0.39 is 25.2 Å². The summed E-state index contributed by atoms with van der Waals surface area (Å²) < 4.78 is 22.0. The lowest BCUT2D eigenvalue weighted by molar-refractivity contribution is -0.00645. The monoisotopic (exact) mass is 380 g/mol. The van der Waals surface area contributed by atoms with Gasteiger partial charge in [0.25, 0.3) is 0 Å². The molecule has 2 atom stereocenters. The number of unbranched alkanes of at least 4 members (excludes halogenated alkanes) is 1. The topological polar surface area (TPSA) is 149 Å². The number of nitrogens with one attached hydrogen (secondary N) is 1. The molecule has 0 amide bonds. The fourth-order valence-electron chi connectivity index (χ4n) is 2.05. The number of ether oxygens (including phenoxy) is 1. The van der Waals surface area contributed by atoms with Gasteiger partial charge < -0.3 is 25.6 Å². The van der Waals surface area contributed by atoms with E-state index in [0.717, 1.165) is 12.8 Å². The average molecular weight is 380 g/mol. The predicted molar refractivity (Wildman–Crippen MR) is 89.6 cm³/mol. The first-order valence-electron chi connectivity index (χ1n) is 7.39. The van der Waals surface area contributed by atoms with Gasteiger partial charge in [0.15, 0.2) is 0 Å². The number of thioether (sulfide) groups is 1. The van der Waals surface area contributed by atoms with E-state index in [-0.39, 0.29) is 6.61 Å². The lowest BCUT2D eigenvalue weighted by Crippen LogP contribution is -2.29. The summed E-state index contributed by atoms with van der Waals surface area (Å²) >= 11 is 1.31. The number of phosphoric ester groups is 1. The molecule has 0 spiro atoms. The van der Waals surface area contributed by atoms with E-state index in [1.54, 1.807) is 12.3 Å². The Morgan fingerprint density at radius 1 is 1.54 bits per heavy atom. The maximum atomic E-state index is 12.1. The number of hydrogen-bond acceptors (Lipinski definition) is 8. The van der Waals surface area contributed by atoms with Crippen molar-refractivity contribution in [3.05, 3.63) is 22.7 Å². The summed E-state index contributed by atoms with van der Waals surface area (Å²) in [6.45, 7) is 1.06. The highest BCUT2D eigenvalue weighted by atomic mass is 32.2.